The maximum absolute atomic E-state index is 12.8. The van der Waals surface area contributed by atoms with Gasteiger partial charge in [-0.25, -0.2) is 9.59 Å². The minimum absolute atomic E-state index is 0.00138. The highest BCUT2D eigenvalue weighted by molar-refractivity contribution is 5.90. The van der Waals surface area contributed by atoms with Crippen molar-refractivity contribution >= 4 is 18.0 Å². The number of carbonyl (C=O) groups excluding carboxylic acids is 2. The average molecular weight is 567 g/mol. The number of aliphatic hydroxyl groups is 5. The minimum atomic E-state index is -1.70. The molecule has 2 fully saturated rings. The lowest BCUT2D eigenvalue weighted by Gasteiger charge is -2.43. The molecule has 5 N–H and O–H groups in total. The minimum Gasteiger partial charge on any atom is -0.497 e. The summed E-state index contributed by atoms with van der Waals surface area (Å²) in [7, 11) is 2.71. The summed E-state index contributed by atoms with van der Waals surface area (Å²) in [6.07, 6.45) is -7.64. The van der Waals surface area contributed by atoms with E-state index in [0.717, 1.165) is 6.26 Å². The van der Waals surface area contributed by atoms with Crippen LogP contribution in [-0.4, -0.2) is 108 Å². The molecule has 3 aliphatic rings. The number of methoxy groups -OCH3 is 2. The molecule has 40 heavy (non-hydrogen) atoms. The van der Waals surface area contributed by atoms with Gasteiger partial charge in [0.1, 0.15) is 36.3 Å². The van der Waals surface area contributed by atoms with Gasteiger partial charge >= 0.3 is 11.9 Å². The first kappa shape index (κ1) is 29.9. The first-order chi connectivity index (χ1) is 19.1. The van der Waals surface area contributed by atoms with Crippen LogP contribution in [0.2, 0.25) is 0 Å². The molecule has 1 aromatic rings. The molecule has 1 aliphatic carbocycles. The van der Waals surface area contributed by atoms with Crippen molar-refractivity contribution in [2.24, 2.45) is 17.8 Å². The van der Waals surface area contributed by atoms with Crippen LogP contribution in [0, 0.1) is 17.8 Å². The summed E-state index contributed by atoms with van der Waals surface area (Å²) in [5.41, 5.74) is 0.701. The van der Waals surface area contributed by atoms with Crippen molar-refractivity contribution in [1.82, 2.24) is 0 Å². The van der Waals surface area contributed by atoms with Gasteiger partial charge in [0.15, 0.2) is 6.29 Å². The van der Waals surface area contributed by atoms with Crippen LogP contribution in [-0.2, 0) is 33.3 Å². The Morgan fingerprint density at radius 1 is 0.975 bits per heavy atom. The number of hydrogen-bond donors (Lipinski definition) is 5. The molecular weight excluding hydrogens is 532 g/mol. The van der Waals surface area contributed by atoms with E-state index >= 15 is 0 Å². The maximum atomic E-state index is 12.8. The fourth-order valence-corrected chi connectivity index (χ4v) is 5.33. The van der Waals surface area contributed by atoms with E-state index in [4.69, 9.17) is 28.4 Å². The van der Waals surface area contributed by atoms with Crippen LogP contribution in [0.3, 0.4) is 0 Å². The smallest absolute Gasteiger partial charge is 0.337 e. The average Bonchev–Trinajstić information content (AvgIpc) is 3.21. The van der Waals surface area contributed by atoms with Crippen LogP contribution in [0.5, 0.6) is 5.75 Å². The SMILES string of the molecule is COC(=O)C1=CO[C@@H](O[C@@H]2O[C@H](CO)[C@@H](O)[C@H](O)[C@H]2O)[C@@H]2[C@@H](C)[C@@H](O)[C@@H](OC(=O)/C=C/c3ccc(OC)cc3)[C@H]12. The van der Waals surface area contributed by atoms with E-state index in [9.17, 15) is 35.1 Å². The van der Waals surface area contributed by atoms with Crippen LogP contribution in [0.4, 0.5) is 0 Å². The van der Waals surface area contributed by atoms with Crippen molar-refractivity contribution in [2.45, 2.75) is 56.1 Å². The van der Waals surface area contributed by atoms with E-state index in [1.54, 1.807) is 31.2 Å². The molecular formula is C27H34O13. The molecule has 220 valence electrons. The number of carbonyl (C=O) groups is 2. The summed E-state index contributed by atoms with van der Waals surface area (Å²) in [5.74, 6) is -3.27. The van der Waals surface area contributed by atoms with E-state index in [2.05, 4.69) is 0 Å². The van der Waals surface area contributed by atoms with Crippen molar-refractivity contribution in [2.75, 3.05) is 20.8 Å². The zero-order valence-corrected chi connectivity index (χ0v) is 22.1. The summed E-state index contributed by atoms with van der Waals surface area (Å²) >= 11 is 0. The predicted molar refractivity (Wildman–Crippen MR) is 134 cm³/mol. The summed E-state index contributed by atoms with van der Waals surface area (Å²) < 4.78 is 32.5. The number of fused-ring (bicyclic) bond motifs is 1. The number of esters is 2. The first-order valence-corrected chi connectivity index (χ1v) is 12.7. The lowest BCUT2D eigenvalue weighted by molar-refractivity contribution is -0.343. The molecule has 0 radical (unpaired) electrons. The molecule has 4 rings (SSSR count). The Bertz CT molecular complexity index is 1100. The Morgan fingerprint density at radius 2 is 1.68 bits per heavy atom. The molecule has 0 aromatic heterocycles. The highest BCUT2D eigenvalue weighted by atomic mass is 16.8. The number of rotatable bonds is 8. The van der Waals surface area contributed by atoms with Gasteiger partial charge in [0.05, 0.1) is 38.8 Å². The zero-order chi connectivity index (χ0) is 29.1. The molecule has 0 amide bonds. The predicted octanol–water partition coefficient (Wildman–Crippen LogP) is -0.907. The van der Waals surface area contributed by atoms with Gasteiger partial charge in [0.25, 0.3) is 0 Å². The van der Waals surface area contributed by atoms with E-state index in [1.807, 2.05) is 0 Å². The van der Waals surface area contributed by atoms with Crippen LogP contribution in [0.25, 0.3) is 6.08 Å². The van der Waals surface area contributed by atoms with Crippen LogP contribution >= 0.6 is 0 Å². The van der Waals surface area contributed by atoms with E-state index in [-0.39, 0.29) is 5.57 Å². The Kier molecular flexibility index (Phi) is 9.46. The molecule has 0 spiro atoms. The zero-order valence-electron chi connectivity index (χ0n) is 22.1. The lowest BCUT2D eigenvalue weighted by atomic mass is 9.82. The number of aliphatic hydroxyl groups excluding tert-OH is 5. The second-order valence-corrected chi connectivity index (χ2v) is 9.86. The Labute approximate surface area is 230 Å². The molecule has 2 heterocycles. The van der Waals surface area contributed by atoms with Gasteiger partial charge in [-0.15, -0.1) is 0 Å². The van der Waals surface area contributed by atoms with Gasteiger partial charge in [-0.05, 0) is 29.7 Å². The van der Waals surface area contributed by atoms with Crippen molar-refractivity contribution < 1.29 is 63.5 Å². The normalized spacial score (nSPS) is 37.3. The topological polar surface area (TPSA) is 191 Å². The maximum Gasteiger partial charge on any atom is 0.337 e. The highest BCUT2D eigenvalue weighted by Crippen LogP contribution is 2.49. The van der Waals surface area contributed by atoms with Gasteiger partial charge < -0.3 is 54.0 Å². The summed E-state index contributed by atoms with van der Waals surface area (Å²) in [4.78, 5) is 25.4. The fraction of sp³-hybridized carbons (Fsp3) is 0.556. The Hall–Kier alpha value is -3.04. The Balaban J connectivity index is 1.55. The number of benzene rings is 1. The molecule has 13 heteroatoms. The molecule has 0 unspecified atom stereocenters. The van der Waals surface area contributed by atoms with Gasteiger partial charge in [-0.3, -0.25) is 0 Å². The summed E-state index contributed by atoms with van der Waals surface area (Å²) in [5, 5.41) is 51.2. The standard InChI is InChI=1S/C27H34O13/c1-12-18-19(24(20(12)30)39-17(29)9-6-13-4-7-14(35-2)8-5-13)15(25(34)36-3)11-37-26(18)40-27-23(33)22(32)21(31)16(10-28)38-27/h4-9,11-12,16,18-24,26-28,30-33H,10H2,1-3H3/b9-6+/t12-,16-,18-,19-,20-,21-,22+,23-,24+,26+,27+/m1/s1. The fourth-order valence-electron chi connectivity index (χ4n) is 5.33. The molecule has 11 atom stereocenters. The van der Waals surface area contributed by atoms with Crippen LogP contribution in [0.1, 0.15) is 12.5 Å². The molecule has 13 nitrogen and oxygen atoms in total. The molecule has 1 saturated carbocycles. The largest absolute Gasteiger partial charge is 0.497 e. The van der Waals surface area contributed by atoms with Crippen molar-refractivity contribution in [1.29, 1.82) is 0 Å². The van der Waals surface area contributed by atoms with Crippen molar-refractivity contribution in [3.63, 3.8) is 0 Å². The third-order valence-corrected chi connectivity index (χ3v) is 7.57. The van der Waals surface area contributed by atoms with Gasteiger partial charge in [-0.1, -0.05) is 19.1 Å². The second-order valence-electron chi connectivity index (χ2n) is 9.86. The van der Waals surface area contributed by atoms with Gasteiger partial charge in [0, 0.05) is 17.9 Å². The first-order valence-electron chi connectivity index (χ1n) is 12.7. The van der Waals surface area contributed by atoms with E-state index < -0.39 is 85.5 Å². The summed E-state index contributed by atoms with van der Waals surface area (Å²) in [6.45, 7) is 0.989. The second kappa shape index (κ2) is 12.6. The van der Waals surface area contributed by atoms with Crippen LogP contribution in [0.15, 0.2) is 42.2 Å². The third kappa shape index (κ3) is 5.86. The van der Waals surface area contributed by atoms with E-state index in [1.165, 1.54) is 26.4 Å². The highest BCUT2D eigenvalue weighted by Gasteiger charge is 2.59. The summed E-state index contributed by atoms with van der Waals surface area (Å²) in [6, 6.07) is 6.93. The third-order valence-electron chi connectivity index (χ3n) is 7.57. The lowest BCUT2D eigenvalue weighted by Crippen LogP contribution is -2.60. The van der Waals surface area contributed by atoms with Crippen LogP contribution < -0.4 is 4.74 Å². The monoisotopic (exact) mass is 566 g/mol. The van der Waals surface area contributed by atoms with Crippen molar-refractivity contribution in [3.05, 3.63) is 47.7 Å². The van der Waals surface area contributed by atoms with E-state index in [0.29, 0.717) is 11.3 Å². The molecule has 2 aliphatic heterocycles. The molecule has 1 saturated heterocycles. The van der Waals surface area contributed by atoms with Crippen molar-refractivity contribution in [3.8, 4) is 5.75 Å². The Morgan fingerprint density at radius 3 is 2.30 bits per heavy atom. The molecule has 0 bridgehead atoms. The van der Waals surface area contributed by atoms with Gasteiger partial charge in [-0.2, -0.15) is 0 Å². The van der Waals surface area contributed by atoms with Gasteiger partial charge in [0.2, 0.25) is 6.29 Å². The molecule has 1 aromatic carbocycles. The number of ether oxygens (including phenoxy) is 6. The number of hydrogen-bond acceptors (Lipinski definition) is 13. The quantitative estimate of drug-likeness (QED) is 0.192.